The van der Waals surface area contributed by atoms with Gasteiger partial charge >= 0.3 is 18.0 Å². The van der Waals surface area contributed by atoms with Crippen molar-refractivity contribution in [3.8, 4) is 5.75 Å². The summed E-state index contributed by atoms with van der Waals surface area (Å²) in [4.78, 5) is 27.5. The van der Waals surface area contributed by atoms with Crippen molar-refractivity contribution in [1.82, 2.24) is 0 Å². The topological polar surface area (TPSA) is 58.6 Å². The normalized spacial score (nSPS) is 13.9. The molecule has 206 valence electrons. The van der Waals surface area contributed by atoms with Crippen LogP contribution in [0.5, 0.6) is 5.75 Å². The van der Waals surface area contributed by atoms with Gasteiger partial charge in [-0.1, -0.05) is 24.3 Å². The van der Waals surface area contributed by atoms with Crippen LogP contribution >= 0.6 is 31.9 Å². The highest BCUT2D eigenvalue weighted by Gasteiger charge is 2.73. The molecule has 39 heavy (non-hydrogen) atoms. The number of para-hydroxylation sites is 1. The molecule has 1 N–H and O–H groups in total. The molecule has 0 radical (unpaired) electrons. The number of hydrogen-bond acceptors (Lipinski definition) is 3. The third-order valence-corrected chi connectivity index (χ3v) is 7.27. The van der Waals surface area contributed by atoms with Gasteiger partial charge in [0.05, 0.1) is 30.6 Å². The zero-order chi connectivity index (χ0) is 28.9. The number of hydrogen-bond donors (Lipinski definition) is 1. The van der Waals surface area contributed by atoms with Crippen molar-refractivity contribution in [2.45, 2.75) is 24.6 Å². The average molecular weight is 684 g/mol. The minimum atomic E-state index is -6.31. The quantitative estimate of drug-likeness (QED) is 0.278. The van der Waals surface area contributed by atoms with Crippen LogP contribution in [0.15, 0.2) is 63.5 Å². The molecule has 1 heterocycles. The number of nitrogens with one attached hydrogen (secondary N) is 1. The van der Waals surface area contributed by atoms with Gasteiger partial charge in [-0.25, -0.2) is 4.39 Å². The van der Waals surface area contributed by atoms with Crippen LogP contribution in [0, 0.1) is 0 Å². The molecule has 0 saturated heterocycles. The van der Waals surface area contributed by atoms with E-state index in [0.717, 1.165) is 5.56 Å². The second-order valence-electron chi connectivity index (χ2n) is 8.33. The van der Waals surface area contributed by atoms with E-state index in [-0.39, 0.29) is 47.3 Å². The Balaban J connectivity index is 1.69. The molecule has 0 atom stereocenters. The minimum Gasteiger partial charge on any atom is -0.494 e. The maximum atomic E-state index is 14.6. The van der Waals surface area contributed by atoms with Crippen molar-refractivity contribution in [2.75, 3.05) is 17.3 Å². The standard InChI is InChI=1S/C25H15Br2F7N2O3/c1-39-20-15(7-4-8-18(20)36-11-12-5-2-3-6-14(12)22(36)38)21(37)35-19-16(26)9-13(10-17(19)27)23(28,24(29,30)31)25(32,33)34/h2-10H,11H2,1H3,(H,35,37). The van der Waals surface area contributed by atoms with Crippen LogP contribution in [0.4, 0.5) is 42.1 Å². The van der Waals surface area contributed by atoms with Gasteiger partial charge < -0.3 is 15.0 Å². The first-order valence-corrected chi connectivity index (χ1v) is 12.4. The zero-order valence-corrected chi connectivity index (χ0v) is 22.6. The Hall–Kier alpha value is -3.13. The summed E-state index contributed by atoms with van der Waals surface area (Å²) in [5.74, 6) is -1.20. The van der Waals surface area contributed by atoms with Gasteiger partial charge in [0.15, 0.2) is 5.75 Å². The summed E-state index contributed by atoms with van der Waals surface area (Å²) in [6, 6.07) is 11.9. The Kier molecular flexibility index (Phi) is 7.49. The predicted octanol–water partition coefficient (Wildman–Crippen LogP) is 7.92. The lowest BCUT2D eigenvalue weighted by atomic mass is 9.94. The molecule has 4 rings (SSSR count). The molecule has 3 aromatic rings. The summed E-state index contributed by atoms with van der Waals surface area (Å²) in [5, 5.41) is 2.37. The van der Waals surface area contributed by atoms with Gasteiger partial charge in [0.2, 0.25) is 0 Å². The minimum absolute atomic E-state index is 0.00283. The van der Waals surface area contributed by atoms with Gasteiger partial charge in [-0.3, -0.25) is 9.59 Å². The first-order chi connectivity index (χ1) is 18.1. The van der Waals surface area contributed by atoms with Crippen LogP contribution < -0.4 is 15.0 Å². The van der Waals surface area contributed by atoms with Crippen molar-refractivity contribution in [3.63, 3.8) is 0 Å². The highest BCUT2D eigenvalue weighted by Crippen LogP contribution is 2.54. The van der Waals surface area contributed by atoms with Crippen LogP contribution in [0.25, 0.3) is 0 Å². The average Bonchev–Trinajstić information content (AvgIpc) is 3.19. The van der Waals surface area contributed by atoms with E-state index >= 15 is 0 Å². The Morgan fingerprint density at radius 1 is 0.923 bits per heavy atom. The van der Waals surface area contributed by atoms with Gasteiger partial charge in [0, 0.05) is 20.1 Å². The van der Waals surface area contributed by atoms with Crippen LogP contribution in [0.1, 0.15) is 31.8 Å². The number of anilines is 2. The lowest BCUT2D eigenvalue weighted by Crippen LogP contribution is -2.50. The number of nitrogens with zero attached hydrogens (tertiary/aromatic N) is 1. The summed E-state index contributed by atoms with van der Waals surface area (Å²) in [7, 11) is 1.26. The van der Waals surface area contributed by atoms with E-state index in [1.807, 2.05) is 0 Å². The Bertz CT molecular complexity index is 1440. The van der Waals surface area contributed by atoms with Crippen molar-refractivity contribution in [1.29, 1.82) is 0 Å². The van der Waals surface area contributed by atoms with E-state index in [9.17, 15) is 40.3 Å². The van der Waals surface area contributed by atoms with Gasteiger partial charge in [-0.05, 0) is 67.8 Å². The van der Waals surface area contributed by atoms with E-state index in [2.05, 4.69) is 37.2 Å². The van der Waals surface area contributed by atoms with E-state index in [1.54, 1.807) is 30.3 Å². The number of methoxy groups -OCH3 is 1. The third kappa shape index (κ3) is 4.88. The lowest BCUT2D eigenvalue weighted by molar-refractivity contribution is -0.348. The molecule has 1 aliphatic rings. The molecule has 5 nitrogen and oxygen atoms in total. The summed E-state index contributed by atoms with van der Waals surface area (Å²) >= 11 is 5.65. The number of rotatable bonds is 5. The number of ether oxygens (including phenoxy) is 1. The SMILES string of the molecule is COc1c(C(=O)Nc2c(Br)cc(C(F)(C(F)(F)F)C(F)(F)F)cc2Br)cccc1N1Cc2ccccc2C1=O. The second kappa shape index (κ2) is 10.1. The first kappa shape index (κ1) is 28.9. The fourth-order valence-corrected chi connectivity index (χ4v) is 5.52. The number of alkyl halides is 7. The lowest BCUT2D eigenvalue weighted by Gasteiger charge is -2.31. The van der Waals surface area contributed by atoms with E-state index in [1.165, 1.54) is 24.1 Å². The fraction of sp³-hybridized carbons (Fsp3) is 0.200. The molecule has 0 fully saturated rings. The smallest absolute Gasteiger partial charge is 0.435 e. The number of carbonyl (C=O) groups excluding carboxylic acids is 2. The van der Waals surface area contributed by atoms with Gasteiger partial charge in [-0.2, -0.15) is 26.3 Å². The molecule has 0 unspecified atom stereocenters. The maximum absolute atomic E-state index is 14.6. The molecular weight excluding hydrogens is 669 g/mol. The van der Waals surface area contributed by atoms with E-state index < -0.39 is 38.4 Å². The molecule has 1 aliphatic heterocycles. The molecule has 14 heteroatoms. The number of benzene rings is 3. The maximum Gasteiger partial charge on any atom is 0.435 e. The summed E-state index contributed by atoms with van der Waals surface area (Å²) in [6.07, 6.45) is -12.6. The monoisotopic (exact) mass is 682 g/mol. The molecular formula is C25H15Br2F7N2O3. The fourth-order valence-electron chi connectivity index (χ4n) is 4.14. The number of amides is 2. The third-order valence-electron chi connectivity index (χ3n) is 6.01. The van der Waals surface area contributed by atoms with Crippen molar-refractivity contribution in [2.24, 2.45) is 0 Å². The number of carbonyl (C=O) groups is 2. The summed E-state index contributed by atoms with van der Waals surface area (Å²) in [5.41, 5.74) is -6.27. The first-order valence-electron chi connectivity index (χ1n) is 10.8. The van der Waals surface area contributed by atoms with Gasteiger partial charge in [-0.15, -0.1) is 0 Å². The van der Waals surface area contributed by atoms with E-state index in [4.69, 9.17) is 4.74 Å². The van der Waals surface area contributed by atoms with Crippen molar-refractivity contribution >= 4 is 55.0 Å². The largest absolute Gasteiger partial charge is 0.494 e. The van der Waals surface area contributed by atoms with Crippen LogP contribution in [0.2, 0.25) is 0 Å². The Labute approximate surface area is 233 Å². The number of fused-ring (bicyclic) bond motifs is 1. The molecule has 0 spiro atoms. The zero-order valence-electron chi connectivity index (χ0n) is 19.5. The summed E-state index contributed by atoms with van der Waals surface area (Å²) in [6.45, 7) is 0.207. The highest BCUT2D eigenvalue weighted by molar-refractivity contribution is 9.11. The molecule has 0 aliphatic carbocycles. The second-order valence-corrected chi connectivity index (χ2v) is 10.0. The molecule has 0 bridgehead atoms. The predicted molar refractivity (Wildman–Crippen MR) is 135 cm³/mol. The molecule has 0 aromatic heterocycles. The Morgan fingerprint density at radius 2 is 1.51 bits per heavy atom. The summed E-state index contributed by atoms with van der Waals surface area (Å²) < 4.78 is 98.3. The highest BCUT2D eigenvalue weighted by atomic mass is 79.9. The van der Waals surface area contributed by atoms with Crippen LogP contribution in [0.3, 0.4) is 0 Å². The van der Waals surface area contributed by atoms with Gasteiger partial charge in [0.25, 0.3) is 11.8 Å². The van der Waals surface area contributed by atoms with Gasteiger partial charge in [0.1, 0.15) is 0 Å². The molecule has 0 saturated carbocycles. The molecule has 3 aromatic carbocycles. The van der Waals surface area contributed by atoms with Crippen LogP contribution in [-0.4, -0.2) is 31.3 Å². The molecule has 2 amide bonds. The van der Waals surface area contributed by atoms with Crippen molar-refractivity contribution < 1.29 is 45.1 Å². The van der Waals surface area contributed by atoms with Crippen molar-refractivity contribution in [3.05, 3.63) is 85.8 Å². The van der Waals surface area contributed by atoms with E-state index in [0.29, 0.717) is 5.56 Å². The Morgan fingerprint density at radius 3 is 2.05 bits per heavy atom. The number of halogens is 9. The van der Waals surface area contributed by atoms with Crippen LogP contribution in [-0.2, 0) is 12.2 Å².